The summed E-state index contributed by atoms with van der Waals surface area (Å²) in [6, 6.07) is 5.91. The summed E-state index contributed by atoms with van der Waals surface area (Å²) in [6.45, 7) is -1.98. The van der Waals surface area contributed by atoms with E-state index in [1.165, 1.54) is 37.5 Å². The predicted molar refractivity (Wildman–Crippen MR) is 89.5 cm³/mol. The summed E-state index contributed by atoms with van der Waals surface area (Å²) in [4.78, 5) is 23.4. The molecule has 2 aromatic rings. The van der Waals surface area contributed by atoms with Crippen LogP contribution in [0.4, 0.5) is 14.6 Å². The van der Waals surface area contributed by atoms with Crippen molar-refractivity contribution in [2.45, 2.75) is 13.5 Å². The molecule has 27 heavy (non-hydrogen) atoms. The summed E-state index contributed by atoms with van der Waals surface area (Å²) in [5.41, 5.74) is 0.175. The monoisotopic (exact) mass is 382 g/mol. The number of rotatable bonds is 8. The first kappa shape index (κ1) is 19.9. The molecule has 0 aliphatic heterocycles. The van der Waals surface area contributed by atoms with Crippen LogP contribution in [-0.4, -0.2) is 37.4 Å². The second-order valence-corrected chi connectivity index (χ2v) is 5.07. The highest BCUT2D eigenvalue weighted by atomic mass is 19.3. The lowest BCUT2D eigenvalue weighted by Gasteiger charge is -2.12. The Bertz CT molecular complexity index is 835. The Kier molecular flexibility index (Phi) is 6.86. The fraction of sp³-hybridized carbons (Fsp3) is 0.235. The second-order valence-electron chi connectivity index (χ2n) is 5.07. The van der Waals surface area contributed by atoms with Gasteiger partial charge in [0.15, 0.2) is 23.9 Å². The van der Waals surface area contributed by atoms with Gasteiger partial charge in [-0.05, 0) is 19.1 Å². The van der Waals surface area contributed by atoms with E-state index in [0.29, 0.717) is 5.76 Å². The molecule has 0 unspecified atom stereocenters. The summed E-state index contributed by atoms with van der Waals surface area (Å²) in [7, 11) is 1.30. The van der Waals surface area contributed by atoms with Gasteiger partial charge in [-0.1, -0.05) is 17.3 Å². The Morgan fingerprint density at radius 3 is 2.78 bits per heavy atom. The zero-order valence-corrected chi connectivity index (χ0v) is 14.4. The van der Waals surface area contributed by atoms with Gasteiger partial charge < -0.3 is 24.1 Å². The van der Waals surface area contributed by atoms with Crippen LogP contribution in [0.5, 0.6) is 11.5 Å². The van der Waals surface area contributed by atoms with E-state index in [1.54, 1.807) is 6.92 Å². The van der Waals surface area contributed by atoms with E-state index < -0.39 is 25.1 Å². The molecule has 0 aliphatic rings. The highest BCUT2D eigenvalue weighted by molar-refractivity contribution is 5.94. The van der Waals surface area contributed by atoms with Gasteiger partial charge >= 0.3 is 12.6 Å². The molecule has 0 fully saturated rings. The van der Waals surface area contributed by atoms with Crippen molar-refractivity contribution in [3.63, 3.8) is 0 Å². The standard InChI is InChI=1S/C17H16F2N2O6/c1-10-8-13(21-27-10)20-14(22)9-25-15(23)7-6-11-4-3-5-12(24-2)16(11)26-17(18)19/h3-8,17H,9H2,1-2H3,(H,20,21,22)/b7-6+. The van der Waals surface area contributed by atoms with E-state index in [4.69, 9.17) is 14.0 Å². The molecule has 10 heteroatoms. The molecular formula is C17H16F2N2O6. The van der Waals surface area contributed by atoms with E-state index in [0.717, 1.165) is 6.08 Å². The molecule has 144 valence electrons. The fourth-order valence-corrected chi connectivity index (χ4v) is 1.99. The normalized spacial score (nSPS) is 10.9. The van der Waals surface area contributed by atoms with Crippen LogP contribution in [0.3, 0.4) is 0 Å². The largest absolute Gasteiger partial charge is 0.493 e. The van der Waals surface area contributed by atoms with Crippen LogP contribution in [0.15, 0.2) is 34.9 Å². The molecule has 0 spiro atoms. The summed E-state index contributed by atoms with van der Waals surface area (Å²) in [5.74, 6) is -0.925. The average Bonchev–Trinajstić information content (AvgIpc) is 3.03. The van der Waals surface area contributed by atoms with Crippen LogP contribution < -0.4 is 14.8 Å². The molecule has 0 atom stereocenters. The molecule has 0 radical (unpaired) electrons. The lowest BCUT2D eigenvalue weighted by atomic mass is 10.1. The summed E-state index contributed by atoms with van der Waals surface area (Å²) in [6.07, 6.45) is 2.18. The molecule has 8 nitrogen and oxygen atoms in total. The van der Waals surface area contributed by atoms with Crippen molar-refractivity contribution < 1.29 is 37.1 Å². The smallest absolute Gasteiger partial charge is 0.387 e. The number of carbonyl (C=O) groups excluding carboxylic acids is 2. The number of carbonyl (C=O) groups is 2. The van der Waals surface area contributed by atoms with Gasteiger partial charge in [-0.2, -0.15) is 8.78 Å². The van der Waals surface area contributed by atoms with Gasteiger partial charge in [0.05, 0.1) is 7.11 Å². The number of nitrogens with zero attached hydrogens (tertiary/aromatic N) is 1. The number of nitrogens with one attached hydrogen (secondary N) is 1. The second kappa shape index (κ2) is 9.32. The van der Waals surface area contributed by atoms with Crippen LogP contribution in [0.25, 0.3) is 6.08 Å². The highest BCUT2D eigenvalue weighted by Crippen LogP contribution is 2.33. The van der Waals surface area contributed by atoms with E-state index in [1.807, 2.05) is 0 Å². The number of aromatic nitrogens is 1. The zero-order chi connectivity index (χ0) is 19.8. The van der Waals surface area contributed by atoms with Crippen molar-refractivity contribution in [1.82, 2.24) is 5.16 Å². The average molecular weight is 382 g/mol. The van der Waals surface area contributed by atoms with Crippen LogP contribution in [-0.2, 0) is 14.3 Å². The molecule has 0 saturated carbocycles. The Morgan fingerprint density at radius 1 is 1.37 bits per heavy atom. The van der Waals surface area contributed by atoms with Gasteiger partial charge in [0, 0.05) is 17.7 Å². The number of methoxy groups -OCH3 is 1. The highest BCUT2D eigenvalue weighted by Gasteiger charge is 2.14. The predicted octanol–water partition coefficient (Wildman–Crippen LogP) is 2.79. The van der Waals surface area contributed by atoms with E-state index in [2.05, 4.69) is 15.2 Å². The number of hydrogen-bond donors (Lipinski definition) is 1. The molecule has 1 heterocycles. The van der Waals surface area contributed by atoms with Crippen molar-refractivity contribution in [1.29, 1.82) is 0 Å². The van der Waals surface area contributed by atoms with E-state index in [9.17, 15) is 18.4 Å². The molecular weight excluding hydrogens is 366 g/mol. The molecule has 0 saturated heterocycles. The number of hydrogen-bond acceptors (Lipinski definition) is 7. The molecule has 0 aliphatic carbocycles. The Hall–Kier alpha value is -3.43. The number of esters is 1. The van der Waals surface area contributed by atoms with Gasteiger partial charge in [-0.3, -0.25) is 4.79 Å². The van der Waals surface area contributed by atoms with Gasteiger partial charge in [-0.25, -0.2) is 4.79 Å². The van der Waals surface area contributed by atoms with Gasteiger partial charge in [-0.15, -0.1) is 0 Å². The molecule has 1 aromatic carbocycles. The lowest BCUT2D eigenvalue weighted by Crippen LogP contribution is -2.20. The third-order valence-corrected chi connectivity index (χ3v) is 3.08. The number of alkyl halides is 2. The number of halogens is 2. The quantitative estimate of drug-likeness (QED) is 0.553. The maximum Gasteiger partial charge on any atom is 0.387 e. The number of amides is 1. The topological polar surface area (TPSA) is 99.9 Å². The van der Waals surface area contributed by atoms with Crippen molar-refractivity contribution in [3.8, 4) is 11.5 Å². The maximum atomic E-state index is 12.6. The number of benzene rings is 1. The number of anilines is 1. The summed E-state index contributed by atoms with van der Waals surface area (Å²) < 4.78 is 44.0. The molecule has 1 aromatic heterocycles. The van der Waals surface area contributed by atoms with Crippen molar-refractivity contribution in [2.75, 3.05) is 19.0 Å². The minimum Gasteiger partial charge on any atom is -0.493 e. The third-order valence-electron chi connectivity index (χ3n) is 3.08. The summed E-state index contributed by atoms with van der Waals surface area (Å²) >= 11 is 0. The minimum absolute atomic E-state index is 0.0769. The minimum atomic E-state index is -3.07. The number of para-hydroxylation sites is 1. The van der Waals surface area contributed by atoms with Crippen molar-refractivity contribution >= 4 is 23.8 Å². The van der Waals surface area contributed by atoms with Crippen LogP contribution in [0, 0.1) is 6.92 Å². The third kappa shape index (κ3) is 6.10. The van der Waals surface area contributed by atoms with Crippen molar-refractivity contribution in [3.05, 3.63) is 41.7 Å². The Labute approximate surface area is 152 Å². The number of aryl methyl sites for hydroxylation is 1. The molecule has 0 bridgehead atoms. The molecule has 1 N–H and O–H groups in total. The van der Waals surface area contributed by atoms with E-state index >= 15 is 0 Å². The first-order valence-corrected chi connectivity index (χ1v) is 7.59. The molecule has 2 rings (SSSR count). The Morgan fingerprint density at radius 2 is 2.15 bits per heavy atom. The van der Waals surface area contributed by atoms with Crippen LogP contribution >= 0.6 is 0 Å². The van der Waals surface area contributed by atoms with Crippen LogP contribution in [0.2, 0.25) is 0 Å². The zero-order valence-electron chi connectivity index (χ0n) is 14.4. The maximum absolute atomic E-state index is 12.6. The number of ether oxygens (including phenoxy) is 3. The Balaban J connectivity index is 1.95. The van der Waals surface area contributed by atoms with Crippen molar-refractivity contribution in [2.24, 2.45) is 0 Å². The molecule has 1 amide bonds. The van der Waals surface area contributed by atoms with Gasteiger partial charge in [0.25, 0.3) is 5.91 Å². The lowest BCUT2D eigenvalue weighted by molar-refractivity contribution is -0.142. The van der Waals surface area contributed by atoms with Crippen LogP contribution in [0.1, 0.15) is 11.3 Å². The summed E-state index contributed by atoms with van der Waals surface area (Å²) in [5, 5.41) is 5.93. The van der Waals surface area contributed by atoms with Gasteiger partial charge in [0.2, 0.25) is 0 Å². The first-order chi connectivity index (χ1) is 12.9. The first-order valence-electron chi connectivity index (χ1n) is 7.59. The van der Waals surface area contributed by atoms with E-state index in [-0.39, 0.29) is 22.9 Å². The fourth-order valence-electron chi connectivity index (χ4n) is 1.99. The van der Waals surface area contributed by atoms with Gasteiger partial charge in [0.1, 0.15) is 5.76 Å². The SMILES string of the molecule is COc1cccc(/C=C/C(=O)OCC(=O)Nc2cc(C)on2)c1OC(F)F.